The third-order valence-electron chi connectivity index (χ3n) is 5.51. The summed E-state index contributed by atoms with van der Waals surface area (Å²) < 4.78 is 0. The first-order valence-corrected chi connectivity index (χ1v) is 11.1. The van der Waals surface area contributed by atoms with Gasteiger partial charge in [0, 0.05) is 24.3 Å². The fourth-order valence-electron chi connectivity index (χ4n) is 3.64. The largest absolute Gasteiger partial charge is 0.372 e. The molecule has 0 aliphatic carbocycles. The number of anilines is 1. The molecule has 0 atom stereocenters. The molecular weight excluding hydrogens is 410 g/mol. The Labute approximate surface area is 194 Å². The Balaban J connectivity index is 1.37. The lowest BCUT2D eigenvalue weighted by Crippen LogP contribution is -2.21. The summed E-state index contributed by atoms with van der Waals surface area (Å²) in [6.45, 7) is 6.19. The third kappa shape index (κ3) is 5.36. The van der Waals surface area contributed by atoms with E-state index < -0.39 is 0 Å². The Morgan fingerprint density at radius 2 is 1.55 bits per heavy atom. The molecule has 0 fully saturated rings. The van der Waals surface area contributed by atoms with Gasteiger partial charge in [-0.2, -0.15) is 10.2 Å². The number of H-pyrrole nitrogens is 1. The van der Waals surface area contributed by atoms with E-state index in [0.717, 1.165) is 35.3 Å². The van der Waals surface area contributed by atoms with Crippen LogP contribution in [0.3, 0.4) is 0 Å². The van der Waals surface area contributed by atoms with Crippen LogP contribution in [-0.4, -0.2) is 35.4 Å². The van der Waals surface area contributed by atoms with Crippen LogP contribution < -0.4 is 10.3 Å². The maximum Gasteiger partial charge on any atom is 0.289 e. The van der Waals surface area contributed by atoms with Crippen molar-refractivity contribution in [1.29, 1.82) is 0 Å². The van der Waals surface area contributed by atoms with Crippen molar-refractivity contribution in [2.24, 2.45) is 5.10 Å². The van der Waals surface area contributed by atoms with E-state index in [1.165, 1.54) is 5.69 Å². The summed E-state index contributed by atoms with van der Waals surface area (Å²) in [6, 6.07) is 28.1. The number of aromatic amines is 1. The van der Waals surface area contributed by atoms with Crippen molar-refractivity contribution < 1.29 is 4.79 Å². The second-order valence-corrected chi connectivity index (χ2v) is 7.57. The van der Waals surface area contributed by atoms with Gasteiger partial charge < -0.3 is 4.90 Å². The molecule has 6 nitrogen and oxygen atoms in total. The number of carbonyl (C=O) groups is 1. The van der Waals surface area contributed by atoms with Gasteiger partial charge in [0.1, 0.15) is 5.69 Å². The van der Waals surface area contributed by atoms with Gasteiger partial charge in [-0.25, -0.2) is 5.43 Å². The van der Waals surface area contributed by atoms with Crippen molar-refractivity contribution in [3.63, 3.8) is 0 Å². The van der Waals surface area contributed by atoms with Gasteiger partial charge in [-0.1, -0.05) is 66.7 Å². The lowest BCUT2D eigenvalue weighted by Gasteiger charge is -2.20. The third-order valence-corrected chi connectivity index (χ3v) is 5.51. The summed E-state index contributed by atoms with van der Waals surface area (Å²) in [4.78, 5) is 14.7. The van der Waals surface area contributed by atoms with Crippen LogP contribution in [0.1, 0.15) is 29.9 Å². The molecule has 0 radical (unpaired) electrons. The predicted molar refractivity (Wildman–Crippen MR) is 135 cm³/mol. The Kier molecular flexibility index (Phi) is 6.95. The minimum atomic E-state index is -0.342. The van der Waals surface area contributed by atoms with Crippen molar-refractivity contribution in [3.8, 4) is 22.4 Å². The Morgan fingerprint density at radius 3 is 2.21 bits per heavy atom. The lowest BCUT2D eigenvalue weighted by atomic mass is 10.0. The summed E-state index contributed by atoms with van der Waals surface area (Å²) >= 11 is 0. The summed E-state index contributed by atoms with van der Waals surface area (Å²) in [5, 5.41) is 11.1. The molecule has 4 aromatic rings. The van der Waals surface area contributed by atoms with Crippen molar-refractivity contribution in [2.75, 3.05) is 18.0 Å². The molecule has 0 bridgehead atoms. The summed E-state index contributed by atoms with van der Waals surface area (Å²) in [6.07, 6.45) is 1.63. The molecule has 1 heterocycles. The molecule has 166 valence electrons. The second kappa shape index (κ2) is 10.4. The van der Waals surface area contributed by atoms with Crippen molar-refractivity contribution in [2.45, 2.75) is 13.8 Å². The van der Waals surface area contributed by atoms with Gasteiger partial charge in [0.15, 0.2) is 0 Å². The van der Waals surface area contributed by atoms with Crippen molar-refractivity contribution >= 4 is 17.8 Å². The van der Waals surface area contributed by atoms with E-state index in [1.807, 2.05) is 42.5 Å². The Morgan fingerprint density at radius 1 is 0.909 bits per heavy atom. The van der Waals surface area contributed by atoms with E-state index in [2.05, 4.69) is 75.9 Å². The topological polar surface area (TPSA) is 73.4 Å². The average Bonchev–Trinajstić information content (AvgIpc) is 3.37. The number of aromatic nitrogens is 2. The van der Waals surface area contributed by atoms with Crippen LogP contribution >= 0.6 is 0 Å². The quantitative estimate of drug-likeness (QED) is 0.288. The van der Waals surface area contributed by atoms with Crippen LogP contribution in [0.4, 0.5) is 5.69 Å². The highest BCUT2D eigenvalue weighted by atomic mass is 16.2. The molecule has 0 unspecified atom stereocenters. The van der Waals surface area contributed by atoms with Gasteiger partial charge in [0.2, 0.25) is 0 Å². The first-order chi connectivity index (χ1) is 16.2. The van der Waals surface area contributed by atoms with Crippen molar-refractivity contribution in [3.05, 3.63) is 96.2 Å². The number of rotatable bonds is 8. The first-order valence-electron chi connectivity index (χ1n) is 11.1. The van der Waals surface area contributed by atoms with Gasteiger partial charge in [0.05, 0.1) is 11.9 Å². The number of benzene rings is 3. The normalized spacial score (nSPS) is 11.0. The molecule has 0 saturated carbocycles. The van der Waals surface area contributed by atoms with Crippen LogP contribution in [0.2, 0.25) is 0 Å². The highest BCUT2D eigenvalue weighted by molar-refractivity contribution is 5.94. The smallest absolute Gasteiger partial charge is 0.289 e. The molecule has 0 spiro atoms. The van der Waals surface area contributed by atoms with Crippen molar-refractivity contribution in [1.82, 2.24) is 15.6 Å². The van der Waals surface area contributed by atoms with Gasteiger partial charge >= 0.3 is 0 Å². The van der Waals surface area contributed by atoms with Gasteiger partial charge in [-0.05, 0) is 48.7 Å². The standard InChI is InChI=1S/C27H27N5O/c1-3-32(4-2)24-16-10-20(11-17-24)19-28-31-27(33)26-18-25(29-30-26)23-14-12-22(13-15-23)21-8-6-5-7-9-21/h5-19H,3-4H2,1-2H3,(H,29,30)(H,31,33)/b28-19+. The molecule has 4 rings (SSSR count). The monoisotopic (exact) mass is 437 g/mol. The zero-order valence-electron chi connectivity index (χ0n) is 18.8. The zero-order chi connectivity index (χ0) is 23.0. The minimum absolute atomic E-state index is 0.342. The lowest BCUT2D eigenvalue weighted by molar-refractivity contribution is 0.0950. The van der Waals surface area contributed by atoms with E-state index in [-0.39, 0.29) is 5.91 Å². The molecule has 2 N–H and O–H groups in total. The molecule has 1 aromatic heterocycles. The molecule has 0 aliphatic rings. The maximum absolute atomic E-state index is 12.4. The fraction of sp³-hybridized carbons (Fsp3) is 0.148. The van der Waals surface area contributed by atoms with Gasteiger partial charge in [-0.3, -0.25) is 9.89 Å². The number of hydrogen-bond donors (Lipinski definition) is 2. The molecule has 1 amide bonds. The summed E-state index contributed by atoms with van der Waals surface area (Å²) in [7, 11) is 0. The van der Waals surface area contributed by atoms with E-state index in [0.29, 0.717) is 11.4 Å². The zero-order valence-corrected chi connectivity index (χ0v) is 18.8. The predicted octanol–water partition coefficient (Wildman–Crippen LogP) is 5.35. The molecule has 6 heteroatoms. The molecule has 0 aliphatic heterocycles. The molecular formula is C27H27N5O. The summed E-state index contributed by atoms with van der Waals surface area (Å²) in [5.74, 6) is -0.342. The number of amides is 1. The van der Waals surface area contributed by atoms with Crippen LogP contribution in [0.15, 0.2) is 90.0 Å². The number of nitrogens with zero attached hydrogens (tertiary/aromatic N) is 3. The second-order valence-electron chi connectivity index (χ2n) is 7.57. The number of carbonyl (C=O) groups excluding carboxylic acids is 1. The molecule has 0 saturated heterocycles. The van der Waals surface area contributed by atoms with Crippen LogP contribution in [-0.2, 0) is 0 Å². The molecule has 33 heavy (non-hydrogen) atoms. The van der Waals surface area contributed by atoms with Crippen LogP contribution in [0.5, 0.6) is 0 Å². The van der Waals surface area contributed by atoms with Crippen LogP contribution in [0.25, 0.3) is 22.4 Å². The first kappa shape index (κ1) is 22.0. The van der Waals surface area contributed by atoms with E-state index in [1.54, 1.807) is 12.3 Å². The average molecular weight is 438 g/mol. The van der Waals surface area contributed by atoms with E-state index in [9.17, 15) is 4.79 Å². The van der Waals surface area contributed by atoms with Gasteiger partial charge in [0.25, 0.3) is 5.91 Å². The Bertz CT molecular complexity index is 1210. The number of hydrazone groups is 1. The van der Waals surface area contributed by atoms with Gasteiger partial charge in [-0.15, -0.1) is 0 Å². The SMILES string of the molecule is CCN(CC)c1ccc(/C=N/NC(=O)c2cc(-c3ccc(-c4ccccc4)cc3)n[nH]2)cc1. The Hall–Kier alpha value is -4.19. The maximum atomic E-state index is 12.4. The number of nitrogens with one attached hydrogen (secondary N) is 2. The van der Waals surface area contributed by atoms with E-state index >= 15 is 0 Å². The van der Waals surface area contributed by atoms with Crippen LogP contribution in [0, 0.1) is 0 Å². The molecule has 3 aromatic carbocycles. The van der Waals surface area contributed by atoms with E-state index in [4.69, 9.17) is 0 Å². The number of hydrogen-bond acceptors (Lipinski definition) is 4. The fourth-order valence-corrected chi connectivity index (χ4v) is 3.64. The highest BCUT2D eigenvalue weighted by Gasteiger charge is 2.10. The minimum Gasteiger partial charge on any atom is -0.372 e. The summed E-state index contributed by atoms with van der Waals surface area (Å²) in [5.41, 5.74) is 8.91. The highest BCUT2D eigenvalue weighted by Crippen LogP contribution is 2.24.